The molecule has 0 amide bonds. The SMILES string of the molecule is Clc1ccc(N/C=C\c2nnnn2-c2ccccc2)cc1. The van der Waals surface area contributed by atoms with E-state index in [1.807, 2.05) is 60.7 Å². The second-order valence-corrected chi connectivity index (χ2v) is 4.71. The van der Waals surface area contributed by atoms with Crippen molar-refractivity contribution < 1.29 is 0 Å². The van der Waals surface area contributed by atoms with Crippen LogP contribution in [0.3, 0.4) is 0 Å². The number of hydrogen-bond acceptors (Lipinski definition) is 4. The minimum absolute atomic E-state index is 0.641. The Morgan fingerprint density at radius 3 is 2.52 bits per heavy atom. The summed E-state index contributed by atoms with van der Waals surface area (Å²) in [6.07, 6.45) is 3.59. The highest BCUT2D eigenvalue weighted by molar-refractivity contribution is 6.30. The topological polar surface area (TPSA) is 55.6 Å². The lowest BCUT2D eigenvalue weighted by molar-refractivity contribution is 0.787. The fourth-order valence-corrected chi connectivity index (χ4v) is 1.94. The van der Waals surface area contributed by atoms with Gasteiger partial charge in [0.25, 0.3) is 0 Å². The summed E-state index contributed by atoms with van der Waals surface area (Å²) in [5.41, 5.74) is 1.85. The van der Waals surface area contributed by atoms with Gasteiger partial charge in [0.1, 0.15) is 0 Å². The standard InChI is InChI=1S/C15H12ClN5/c16-12-6-8-13(9-7-12)17-11-10-15-18-19-20-21(15)14-4-2-1-3-5-14/h1-11,17H/b11-10-. The second kappa shape index (κ2) is 6.19. The third-order valence-electron chi connectivity index (χ3n) is 2.82. The first-order valence-corrected chi connectivity index (χ1v) is 6.73. The fourth-order valence-electron chi connectivity index (χ4n) is 1.81. The molecule has 0 spiro atoms. The largest absolute Gasteiger partial charge is 0.362 e. The molecule has 0 aliphatic rings. The lowest BCUT2D eigenvalue weighted by atomic mass is 10.3. The van der Waals surface area contributed by atoms with Crippen molar-refractivity contribution in [2.45, 2.75) is 0 Å². The van der Waals surface area contributed by atoms with Crippen LogP contribution in [0.4, 0.5) is 5.69 Å². The molecule has 2 aromatic carbocycles. The van der Waals surface area contributed by atoms with Crippen LogP contribution in [-0.4, -0.2) is 20.2 Å². The first-order valence-electron chi connectivity index (χ1n) is 6.35. The lowest BCUT2D eigenvalue weighted by Gasteiger charge is -2.02. The van der Waals surface area contributed by atoms with Crippen LogP contribution >= 0.6 is 11.6 Å². The summed E-state index contributed by atoms with van der Waals surface area (Å²) in [6, 6.07) is 17.2. The van der Waals surface area contributed by atoms with E-state index >= 15 is 0 Å². The van der Waals surface area contributed by atoms with E-state index in [0.717, 1.165) is 11.4 Å². The summed E-state index contributed by atoms with van der Waals surface area (Å²) in [4.78, 5) is 0. The molecule has 0 unspecified atom stereocenters. The highest BCUT2D eigenvalue weighted by atomic mass is 35.5. The van der Waals surface area contributed by atoms with E-state index in [9.17, 15) is 0 Å². The quantitative estimate of drug-likeness (QED) is 0.802. The monoisotopic (exact) mass is 297 g/mol. The van der Waals surface area contributed by atoms with Crippen molar-refractivity contribution in [2.75, 3.05) is 5.32 Å². The molecule has 0 saturated carbocycles. The predicted molar refractivity (Wildman–Crippen MR) is 83.3 cm³/mol. The van der Waals surface area contributed by atoms with Gasteiger partial charge in [-0.1, -0.05) is 29.8 Å². The summed E-state index contributed by atoms with van der Waals surface area (Å²) in [5.74, 6) is 0.641. The van der Waals surface area contributed by atoms with Gasteiger partial charge in [-0.3, -0.25) is 0 Å². The maximum atomic E-state index is 5.84. The molecule has 6 heteroatoms. The van der Waals surface area contributed by atoms with Gasteiger partial charge < -0.3 is 5.32 Å². The normalized spacial score (nSPS) is 10.9. The van der Waals surface area contributed by atoms with E-state index in [0.29, 0.717) is 10.8 Å². The van der Waals surface area contributed by atoms with Gasteiger partial charge in [0.15, 0.2) is 5.82 Å². The lowest BCUT2D eigenvalue weighted by Crippen LogP contribution is -1.99. The molecular formula is C15H12ClN5. The minimum Gasteiger partial charge on any atom is -0.362 e. The molecule has 1 heterocycles. The molecular weight excluding hydrogens is 286 g/mol. The van der Waals surface area contributed by atoms with E-state index in [-0.39, 0.29) is 0 Å². The van der Waals surface area contributed by atoms with Crippen LogP contribution in [0, 0.1) is 0 Å². The van der Waals surface area contributed by atoms with Gasteiger partial charge in [0, 0.05) is 23.0 Å². The van der Waals surface area contributed by atoms with Crippen molar-refractivity contribution in [1.82, 2.24) is 20.2 Å². The Morgan fingerprint density at radius 1 is 1.00 bits per heavy atom. The molecule has 21 heavy (non-hydrogen) atoms. The number of halogens is 1. The molecule has 3 aromatic rings. The van der Waals surface area contributed by atoms with Crippen molar-refractivity contribution in [1.29, 1.82) is 0 Å². The van der Waals surface area contributed by atoms with Crippen LogP contribution in [0.2, 0.25) is 5.02 Å². The zero-order valence-electron chi connectivity index (χ0n) is 11.0. The Labute approximate surface area is 126 Å². The summed E-state index contributed by atoms with van der Waals surface area (Å²) in [5, 5.41) is 15.5. The summed E-state index contributed by atoms with van der Waals surface area (Å²) in [7, 11) is 0. The molecule has 0 fully saturated rings. The van der Waals surface area contributed by atoms with E-state index in [1.54, 1.807) is 10.9 Å². The van der Waals surface area contributed by atoms with Crippen LogP contribution in [0.5, 0.6) is 0 Å². The average Bonchev–Trinajstić information content (AvgIpc) is 2.99. The van der Waals surface area contributed by atoms with Gasteiger partial charge in [-0.2, -0.15) is 4.68 Å². The zero-order chi connectivity index (χ0) is 14.5. The third-order valence-corrected chi connectivity index (χ3v) is 3.07. The van der Waals surface area contributed by atoms with Crippen LogP contribution in [-0.2, 0) is 0 Å². The van der Waals surface area contributed by atoms with E-state index in [4.69, 9.17) is 11.6 Å². The van der Waals surface area contributed by atoms with Gasteiger partial charge in [-0.25, -0.2) is 0 Å². The molecule has 0 aliphatic carbocycles. The number of aromatic nitrogens is 4. The Morgan fingerprint density at radius 2 is 1.76 bits per heavy atom. The first kappa shape index (κ1) is 13.3. The molecule has 0 bridgehead atoms. The smallest absolute Gasteiger partial charge is 0.181 e. The Hall–Kier alpha value is -2.66. The number of rotatable bonds is 4. The number of nitrogens with zero attached hydrogens (tertiary/aromatic N) is 4. The van der Waals surface area contributed by atoms with Crippen LogP contribution < -0.4 is 5.32 Å². The van der Waals surface area contributed by atoms with Crippen LogP contribution in [0.25, 0.3) is 11.8 Å². The number of anilines is 1. The fraction of sp³-hybridized carbons (Fsp3) is 0. The van der Waals surface area contributed by atoms with E-state index in [1.165, 1.54) is 0 Å². The van der Waals surface area contributed by atoms with Crippen LogP contribution in [0.1, 0.15) is 5.82 Å². The number of nitrogens with one attached hydrogen (secondary N) is 1. The predicted octanol–water partition coefficient (Wildman–Crippen LogP) is 3.40. The molecule has 3 rings (SSSR count). The molecule has 1 aromatic heterocycles. The number of hydrogen-bond donors (Lipinski definition) is 1. The Bertz CT molecular complexity index is 734. The van der Waals surface area contributed by atoms with Crippen LogP contribution in [0.15, 0.2) is 60.8 Å². The van der Waals surface area contributed by atoms with E-state index < -0.39 is 0 Å². The summed E-state index contributed by atoms with van der Waals surface area (Å²) < 4.78 is 1.67. The number of benzene rings is 2. The van der Waals surface area contributed by atoms with Crippen molar-refractivity contribution in [2.24, 2.45) is 0 Å². The molecule has 0 atom stereocenters. The Balaban J connectivity index is 1.75. The van der Waals surface area contributed by atoms with E-state index in [2.05, 4.69) is 20.8 Å². The minimum atomic E-state index is 0.641. The number of tetrazole rings is 1. The zero-order valence-corrected chi connectivity index (χ0v) is 11.8. The van der Waals surface area contributed by atoms with Gasteiger partial charge >= 0.3 is 0 Å². The second-order valence-electron chi connectivity index (χ2n) is 4.27. The molecule has 0 aliphatic heterocycles. The molecule has 1 N–H and O–H groups in total. The van der Waals surface area contributed by atoms with Gasteiger partial charge in [0.2, 0.25) is 0 Å². The maximum Gasteiger partial charge on any atom is 0.181 e. The van der Waals surface area contributed by atoms with Crippen molar-refractivity contribution in [3.8, 4) is 5.69 Å². The Kier molecular flexibility index (Phi) is 3.93. The maximum absolute atomic E-state index is 5.84. The summed E-state index contributed by atoms with van der Waals surface area (Å²) >= 11 is 5.84. The van der Waals surface area contributed by atoms with Gasteiger partial charge in [-0.05, 0) is 46.8 Å². The highest BCUT2D eigenvalue weighted by Gasteiger charge is 2.03. The van der Waals surface area contributed by atoms with Crippen molar-refractivity contribution >= 4 is 23.4 Å². The van der Waals surface area contributed by atoms with Crippen molar-refractivity contribution in [3.05, 3.63) is 71.6 Å². The van der Waals surface area contributed by atoms with Gasteiger partial charge in [-0.15, -0.1) is 5.10 Å². The summed E-state index contributed by atoms with van der Waals surface area (Å²) in [6.45, 7) is 0. The first-order chi connectivity index (χ1) is 10.3. The molecule has 0 saturated heterocycles. The average molecular weight is 298 g/mol. The molecule has 104 valence electrons. The highest BCUT2D eigenvalue weighted by Crippen LogP contribution is 2.14. The molecule has 0 radical (unpaired) electrons. The third kappa shape index (κ3) is 3.27. The molecule has 5 nitrogen and oxygen atoms in total. The van der Waals surface area contributed by atoms with Gasteiger partial charge in [0.05, 0.1) is 5.69 Å². The van der Waals surface area contributed by atoms with Crippen molar-refractivity contribution in [3.63, 3.8) is 0 Å². The number of para-hydroxylation sites is 1.